The molecule has 0 N–H and O–H groups in total. The number of piperidine rings is 1. The number of fused-ring (bicyclic) bond motifs is 3. The van der Waals surface area contributed by atoms with Gasteiger partial charge in [-0.25, -0.2) is 32.8 Å². The lowest BCUT2D eigenvalue weighted by Gasteiger charge is -2.38. The van der Waals surface area contributed by atoms with Crippen molar-refractivity contribution < 1.29 is 17.9 Å². The molecule has 7 nitrogen and oxygen atoms in total. The predicted octanol–water partition coefficient (Wildman–Crippen LogP) is 4.01. The number of rotatable bonds is 4. The molecule has 1 saturated carbocycles. The van der Waals surface area contributed by atoms with E-state index in [4.69, 9.17) is 14.8 Å². The molecule has 2 aliphatic heterocycles. The molecular weight excluding hydrogens is 457 g/mol. The van der Waals surface area contributed by atoms with E-state index in [2.05, 4.69) is 14.9 Å². The zero-order valence-electron chi connectivity index (χ0n) is 19.5. The maximum absolute atomic E-state index is 14.6. The Morgan fingerprint density at radius 2 is 1.86 bits per heavy atom. The fraction of sp³-hybridized carbons (Fsp3) is 0.520. The first-order valence-corrected chi connectivity index (χ1v) is 12.2. The van der Waals surface area contributed by atoms with Crippen molar-refractivity contribution in [1.82, 2.24) is 24.7 Å². The van der Waals surface area contributed by atoms with Gasteiger partial charge < -0.3 is 9.64 Å². The second-order valence-corrected chi connectivity index (χ2v) is 9.87. The number of nitrogens with zero attached hydrogens (tertiary/aromatic N) is 6. The number of halogens is 3. The summed E-state index contributed by atoms with van der Waals surface area (Å²) in [4.78, 5) is 15.8. The highest BCUT2D eigenvalue weighted by molar-refractivity contribution is 5.40. The van der Waals surface area contributed by atoms with Gasteiger partial charge in [0.25, 0.3) is 0 Å². The minimum Gasteiger partial charge on any atom is -0.365 e. The van der Waals surface area contributed by atoms with Crippen LogP contribution >= 0.6 is 0 Å². The summed E-state index contributed by atoms with van der Waals surface area (Å²) < 4.78 is 49.6. The van der Waals surface area contributed by atoms with Crippen molar-refractivity contribution in [1.29, 1.82) is 0 Å². The van der Waals surface area contributed by atoms with Gasteiger partial charge >= 0.3 is 0 Å². The largest absolute Gasteiger partial charge is 0.365 e. The third-order valence-electron chi connectivity index (χ3n) is 7.69. The van der Waals surface area contributed by atoms with Gasteiger partial charge in [-0.15, -0.1) is 0 Å². The maximum atomic E-state index is 14.6. The lowest BCUT2D eigenvalue weighted by Crippen LogP contribution is -2.43. The molecule has 10 heteroatoms. The smallest absolute Gasteiger partial charge is 0.194 e. The highest BCUT2D eigenvalue weighted by atomic mass is 19.2. The number of hydrogen-bond donors (Lipinski definition) is 0. The van der Waals surface area contributed by atoms with Crippen LogP contribution in [0.5, 0.6) is 0 Å². The van der Waals surface area contributed by atoms with E-state index in [0.29, 0.717) is 49.0 Å². The molecule has 4 atom stereocenters. The van der Waals surface area contributed by atoms with Crippen LogP contribution in [-0.4, -0.2) is 44.4 Å². The predicted molar refractivity (Wildman–Crippen MR) is 121 cm³/mol. The number of anilines is 1. The Morgan fingerprint density at radius 3 is 2.63 bits per heavy atom. The van der Waals surface area contributed by atoms with E-state index in [0.717, 1.165) is 49.9 Å². The SMILES string of the molecule is Cc1cc(N2C[C@H]3CC[C@@H](C2)C3Cc2nc3n(n2)CCCO[C@H]3c2ccc(F)c(F)c2F)ncn1. The molecular formula is C25H27F3N6O. The van der Waals surface area contributed by atoms with E-state index in [1.54, 1.807) is 11.0 Å². The monoisotopic (exact) mass is 484 g/mol. The summed E-state index contributed by atoms with van der Waals surface area (Å²) in [7, 11) is 0. The van der Waals surface area contributed by atoms with Crippen molar-refractivity contribution >= 4 is 5.82 Å². The molecule has 35 heavy (non-hydrogen) atoms. The van der Waals surface area contributed by atoms with E-state index in [-0.39, 0.29) is 5.56 Å². The summed E-state index contributed by atoms with van der Waals surface area (Å²) in [6, 6.07) is 4.19. The van der Waals surface area contributed by atoms with Crippen LogP contribution in [0.3, 0.4) is 0 Å². The molecule has 3 aromatic rings. The van der Waals surface area contributed by atoms with E-state index < -0.39 is 23.6 Å². The molecule has 2 aromatic heterocycles. The first kappa shape index (κ1) is 22.5. The van der Waals surface area contributed by atoms with Crippen LogP contribution in [0, 0.1) is 42.1 Å². The van der Waals surface area contributed by atoms with Crippen molar-refractivity contribution in [3.8, 4) is 0 Å². The summed E-state index contributed by atoms with van der Waals surface area (Å²) in [5.74, 6) is -0.335. The minimum absolute atomic E-state index is 0.0560. The summed E-state index contributed by atoms with van der Waals surface area (Å²) in [6.45, 7) is 4.80. The normalized spacial score (nSPS) is 26.0. The number of benzene rings is 1. The van der Waals surface area contributed by atoms with Crippen molar-refractivity contribution in [2.75, 3.05) is 24.6 Å². The van der Waals surface area contributed by atoms with Crippen molar-refractivity contribution in [3.63, 3.8) is 0 Å². The van der Waals surface area contributed by atoms with E-state index in [1.165, 1.54) is 6.07 Å². The fourth-order valence-corrected chi connectivity index (χ4v) is 5.99. The van der Waals surface area contributed by atoms with Crippen LogP contribution in [0.15, 0.2) is 24.5 Å². The second kappa shape index (κ2) is 8.89. The van der Waals surface area contributed by atoms with E-state index >= 15 is 0 Å². The molecule has 2 bridgehead atoms. The summed E-state index contributed by atoms with van der Waals surface area (Å²) in [5, 5.41) is 4.74. The van der Waals surface area contributed by atoms with Gasteiger partial charge in [-0.05, 0) is 56.1 Å². The Morgan fingerprint density at radius 1 is 1.06 bits per heavy atom. The summed E-state index contributed by atoms with van der Waals surface area (Å²) >= 11 is 0. The highest BCUT2D eigenvalue weighted by Crippen LogP contribution is 2.44. The van der Waals surface area contributed by atoms with Crippen LogP contribution in [0.1, 0.15) is 48.3 Å². The fourth-order valence-electron chi connectivity index (χ4n) is 5.99. The number of aromatic nitrogens is 5. The molecule has 0 amide bonds. The van der Waals surface area contributed by atoms with Gasteiger partial charge in [0.05, 0.1) is 0 Å². The van der Waals surface area contributed by atoms with Crippen LogP contribution in [0.25, 0.3) is 0 Å². The average molecular weight is 485 g/mol. The van der Waals surface area contributed by atoms with Gasteiger partial charge in [0, 0.05) is 50.0 Å². The Hall–Kier alpha value is -3.01. The Bertz CT molecular complexity index is 1240. The lowest BCUT2D eigenvalue weighted by atomic mass is 9.82. The van der Waals surface area contributed by atoms with Gasteiger partial charge in [-0.3, -0.25) is 0 Å². The molecule has 1 aromatic carbocycles. The molecule has 1 unspecified atom stereocenters. The third kappa shape index (κ3) is 4.07. The molecule has 184 valence electrons. The average Bonchev–Trinajstić information content (AvgIpc) is 3.25. The zero-order valence-corrected chi connectivity index (χ0v) is 19.5. The maximum Gasteiger partial charge on any atom is 0.194 e. The summed E-state index contributed by atoms with van der Waals surface area (Å²) in [5.41, 5.74) is 0.905. The number of aryl methyl sites for hydroxylation is 2. The van der Waals surface area contributed by atoms with E-state index in [9.17, 15) is 13.2 Å². The van der Waals surface area contributed by atoms with Gasteiger partial charge in [0.2, 0.25) is 0 Å². The molecule has 6 rings (SSSR count). The summed E-state index contributed by atoms with van der Waals surface area (Å²) in [6.07, 6.45) is 4.44. The Balaban J connectivity index is 1.24. The Kier molecular flexibility index (Phi) is 5.70. The molecule has 2 fully saturated rings. The molecule has 3 aliphatic rings. The van der Waals surface area contributed by atoms with Crippen LogP contribution in [0.2, 0.25) is 0 Å². The van der Waals surface area contributed by atoms with Gasteiger partial charge in [0.15, 0.2) is 29.1 Å². The zero-order chi connectivity index (χ0) is 24.1. The molecule has 1 aliphatic carbocycles. The molecule has 0 radical (unpaired) electrons. The molecule has 4 heterocycles. The first-order valence-electron chi connectivity index (χ1n) is 12.2. The highest BCUT2D eigenvalue weighted by Gasteiger charge is 2.43. The van der Waals surface area contributed by atoms with Crippen LogP contribution in [-0.2, 0) is 17.7 Å². The standard InChI is InChI=1S/C25H27F3N6O/c1-14-9-21(30-13-29-14)33-11-15-3-4-16(12-33)18(15)10-20-31-25-24(35-8-2-7-34(25)32-20)17-5-6-19(26)23(28)22(17)27/h5-6,9,13,15-16,18,24H,2-4,7-8,10-12H2,1H3/t15-,16+,18?,24-/m0/s1. The molecule has 1 saturated heterocycles. The quantitative estimate of drug-likeness (QED) is 0.522. The third-order valence-corrected chi connectivity index (χ3v) is 7.69. The second-order valence-electron chi connectivity index (χ2n) is 9.87. The van der Waals surface area contributed by atoms with E-state index in [1.807, 2.05) is 13.0 Å². The van der Waals surface area contributed by atoms with Gasteiger partial charge in [-0.2, -0.15) is 5.10 Å². The Labute approximate surface area is 201 Å². The van der Waals surface area contributed by atoms with Crippen molar-refractivity contribution in [2.45, 2.75) is 45.3 Å². The van der Waals surface area contributed by atoms with Crippen molar-refractivity contribution in [3.05, 3.63) is 64.9 Å². The van der Waals surface area contributed by atoms with Crippen molar-refractivity contribution in [2.24, 2.45) is 17.8 Å². The topological polar surface area (TPSA) is 69.0 Å². The van der Waals surface area contributed by atoms with Crippen LogP contribution < -0.4 is 4.90 Å². The minimum atomic E-state index is -1.50. The lowest BCUT2D eigenvalue weighted by molar-refractivity contribution is 0.0779. The molecule has 0 spiro atoms. The number of ether oxygens (including phenoxy) is 1. The first-order chi connectivity index (χ1) is 17.0. The van der Waals surface area contributed by atoms with Gasteiger partial charge in [0.1, 0.15) is 18.2 Å². The van der Waals surface area contributed by atoms with Gasteiger partial charge in [-0.1, -0.05) is 0 Å². The number of hydrogen-bond acceptors (Lipinski definition) is 6. The van der Waals surface area contributed by atoms with Crippen LogP contribution in [0.4, 0.5) is 19.0 Å².